The first-order valence-electron chi connectivity index (χ1n) is 15.4. The van der Waals surface area contributed by atoms with E-state index in [0.29, 0.717) is 0 Å². The summed E-state index contributed by atoms with van der Waals surface area (Å²) >= 11 is 0. The average molecular weight is 574 g/mol. The second-order valence-electron chi connectivity index (χ2n) is 11.4. The van der Waals surface area contributed by atoms with Crippen LogP contribution in [0.4, 0.5) is 17.1 Å². The predicted octanol–water partition coefficient (Wildman–Crippen LogP) is 12.5. The van der Waals surface area contributed by atoms with Gasteiger partial charge in [0.05, 0.1) is 5.69 Å². The van der Waals surface area contributed by atoms with Crippen molar-refractivity contribution < 1.29 is 0 Å². The van der Waals surface area contributed by atoms with Crippen LogP contribution in [0.15, 0.2) is 188 Å². The fourth-order valence-electron chi connectivity index (χ4n) is 6.48. The van der Waals surface area contributed by atoms with E-state index in [1.165, 1.54) is 54.9 Å². The highest BCUT2D eigenvalue weighted by atomic mass is 15.1. The fourth-order valence-corrected chi connectivity index (χ4v) is 6.48. The van der Waals surface area contributed by atoms with Crippen molar-refractivity contribution >= 4 is 38.6 Å². The minimum atomic E-state index is 1.11. The van der Waals surface area contributed by atoms with E-state index >= 15 is 0 Å². The summed E-state index contributed by atoms with van der Waals surface area (Å²) in [5.41, 5.74) is 10.6. The minimum Gasteiger partial charge on any atom is -0.310 e. The van der Waals surface area contributed by atoms with Gasteiger partial charge in [0.25, 0.3) is 0 Å². The summed E-state index contributed by atoms with van der Waals surface area (Å²) in [4.78, 5) is 2.42. The Balaban J connectivity index is 1.38. The Morgan fingerprint density at radius 2 is 0.844 bits per heavy atom. The lowest BCUT2D eigenvalue weighted by Crippen LogP contribution is -2.11. The smallest absolute Gasteiger partial charge is 0.0546 e. The molecule has 8 aromatic rings. The molecule has 0 atom stereocenters. The lowest BCUT2D eigenvalue weighted by Gasteiger charge is -2.28. The summed E-state index contributed by atoms with van der Waals surface area (Å²) in [5, 5.41) is 4.96. The van der Waals surface area contributed by atoms with Crippen LogP contribution >= 0.6 is 0 Å². The summed E-state index contributed by atoms with van der Waals surface area (Å²) in [6, 6.07) is 67.7. The zero-order valence-corrected chi connectivity index (χ0v) is 24.8. The summed E-state index contributed by atoms with van der Waals surface area (Å²) in [6.45, 7) is 0. The molecule has 1 heteroatoms. The van der Waals surface area contributed by atoms with Gasteiger partial charge < -0.3 is 4.90 Å². The van der Waals surface area contributed by atoms with Crippen molar-refractivity contribution in [2.24, 2.45) is 0 Å². The summed E-state index contributed by atoms with van der Waals surface area (Å²) in [6.07, 6.45) is 0. The SMILES string of the molecule is c1ccc(-c2ccc(N(c3ccc(-c4ccccc4)c(-c4ccccc4)c3)c3cccc4ccc5ccccc5c34)cc2)cc1. The first-order valence-corrected chi connectivity index (χ1v) is 15.4. The number of nitrogens with zero attached hydrogens (tertiary/aromatic N) is 1. The molecule has 0 spiro atoms. The highest BCUT2D eigenvalue weighted by Crippen LogP contribution is 2.44. The number of anilines is 3. The molecule has 0 heterocycles. The third-order valence-electron chi connectivity index (χ3n) is 8.65. The lowest BCUT2D eigenvalue weighted by molar-refractivity contribution is 1.30. The second-order valence-corrected chi connectivity index (χ2v) is 11.4. The number of benzene rings is 8. The largest absolute Gasteiger partial charge is 0.310 e. The highest BCUT2D eigenvalue weighted by molar-refractivity contribution is 6.15. The maximum absolute atomic E-state index is 2.42. The maximum atomic E-state index is 2.42. The Kier molecular flexibility index (Phi) is 6.90. The Bertz CT molecular complexity index is 2240. The predicted molar refractivity (Wildman–Crippen MR) is 192 cm³/mol. The molecule has 0 aliphatic rings. The summed E-state index contributed by atoms with van der Waals surface area (Å²) < 4.78 is 0. The van der Waals surface area contributed by atoms with E-state index in [0.717, 1.165) is 17.1 Å². The lowest BCUT2D eigenvalue weighted by atomic mass is 9.93. The van der Waals surface area contributed by atoms with Crippen molar-refractivity contribution in [2.45, 2.75) is 0 Å². The van der Waals surface area contributed by atoms with E-state index in [1.807, 2.05) is 0 Å². The van der Waals surface area contributed by atoms with E-state index in [2.05, 4.69) is 193 Å². The number of hydrogen-bond acceptors (Lipinski definition) is 1. The van der Waals surface area contributed by atoms with Crippen molar-refractivity contribution in [2.75, 3.05) is 4.90 Å². The molecule has 212 valence electrons. The zero-order valence-electron chi connectivity index (χ0n) is 24.8. The van der Waals surface area contributed by atoms with Crippen molar-refractivity contribution in [1.82, 2.24) is 0 Å². The third-order valence-corrected chi connectivity index (χ3v) is 8.65. The van der Waals surface area contributed by atoms with E-state index in [-0.39, 0.29) is 0 Å². The molecule has 0 aliphatic heterocycles. The van der Waals surface area contributed by atoms with Gasteiger partial charge in [0.2, 0.25) is 0 Å². The van der Waals surface area contributed by atoms with Crippen molar-refractivity contribution in [3.8, 4) is 33.4 Å². The van der Waals surface area contributed by atoms with Crippen molar-refractivity contribution in [3.05, 3.63) is 188 Å². The van der Waals surface area contributed by atoms with E-state index < -0.39 is 0 Å². The standard InChI is InChI=1S/C44H31N/c1-4-13-32(14-5-1)33-25-27-38(28-26-33)45(43-22-12-20-37-24-23-36-19-10-11-21-41(36)44(37)43)39-29-30-40(34-15-6-2-7-16-34)42(31-39)35-17-8-3-9-18-35/h1-31H. The molecule has 0 unspecified atom stereocenters. The average Bonchev–Trinajstić information content (AvgIpc) is 3.13. The van der Waals surface area contributed by atoms with Gasteiger partial charge in [0, 0.05) is 16.8 Å². The molecule has 0 saturated carbocycles. The first-order chi connectivity index (χ1) is 22.3. The number of hydrogen-bond donors (Lipinski definition) is 0. The minimum absolute atomic E-state index is 1.11. The highest BCUT2D eigenvalue weighted by Gasteiger charge is 2.19. The first kappa shape index (κ1) is 26.7. The Morgan fingerprint density at radius 3 is 1.56 bits per heavy atom. The Labute approximate surface area is 264 Å². The Hall–Kier alpha value is -5.92. The van der Waals surface area contributed by atoms with Crippen LogP contribution in [0.2, 0.25) is 0 Å². The molecule has 0 saturated heterocycles. The van der Waals surface area contributed by atoms with Gasteiger partial charge in [-0.3, -0.25) is 0 Å². The molecule has 8 aromatic carbocycles. The monoisotopic (exact) mass is 573 g/mol. The molecule has 0 bridgehead atoms. The van der Waals surface area contributed by atoms with Crippen LogP contribution in [-0.2, 0) is 0 Å². The third kappa shape index (κ3) is 5.05. The van der Waals surface area contributed by atoms with Crippen LogP contribution in [0, 0.1) is 0 Å². The van der Waals surface area contributed by atoms with Gasteiger partial charge >= 0.3 is 0 Å². The van der Waals surface area contributed by atoms with Crippen LogP contribution in [0.1, 0.15) is 0 Å². The summed E-state index contributed by atoms with van der Waals surface area (Å²) in [5.74, 6) is 0. The molecule has 0 fully saturated rings. The molecule has 0 aliphatic carbocycles. The molecule has 0 amide bonds. The molecule has 0 radical (unpaired) electrons. The molecule has 0 N–H and O–H groups in total. The van der Waals surface area contributed by atoms with Crippen LogP contribution in [0.3, 0.4) is 0 Å². The normalized spacial score (nSPS) is 11.1. The van der Waals surface area contributed by atoms with Crippen LogP contribution in [0.25, 0.3) is 54.9 Å². The van der Waals surface area contributed by atoms with Crippen LogP contribution < -0.4 is 4.90 Å². The van der Waals surface area contributed by atoms with Gasteiger partial charge in [-0.15, -0.1) is 0 Å². The van der Waals surface area contributed by atoms with Crippen molar-refractivity contribution in [1.29, 1.82) is 0 Å². The zero-order chi connectivity index (χ0) is 30.0. The molecular weight excluding hydrogens is 542 g/mol. The Morgan fingerprint density at radius 1 is 0.311 bits per heavy atom. The molecule has 8 rings (SSSR count). The van der Waals surface area contributed by atoms with E-state index in [4.69, 9.17) is 0 Å². The number of rotatable bonds is 6. The van der Waals surface area contributed by atoms with Gasteiger partial charge in [-0.1, -0.05) is 158 Å². The van der Waals surface area contributed by atoms with Crippen molar-refractivity contribution in [3.63, 3.8) is 0 Å². The van der Waals surface area contributed by atoms with E-state index in [9.17, 15) is 0 Å². The molecular formula is C44H31N. The van der Waals surface area contributed by atoms with Gasteiger partial charge in [-0.2, -0.15) is 0 Å². The molecule has 45 heavy (non-hydrogen) atoms. The van der Waals surface area contributed by atoms with Gasteiger partial charge in [-0.25, -0.2) is 0 Å². The van der Waals surface area contributed by atoms with Gasteiger partial charge in [0.15, 0.2) is 0 Å². The van der Waals surface area contributed by atoms with Crippen LogP contribution in [0.5, 0.6) is 0 Å². The number of fused-ring (bicyclic) bond motifs is 3. The molecule has 0 aromatic heterocycles. The molecule has 1 nitrogen and oxygen atoms in total. The second kappa shape index (κ2) is 11.6. The maximum Gasteiger partial charge on any atom is 0.0546 e. The summed E-state index contributed by atoms with van der Waals surface area (Å²) in [7, 11) is 0. The topological polar surface area (TPSA) is 3.24 Å². The van der Waals surface area contributed by atoms with Crippen LogP contribution in [-0.4, -0.2) is 0 Å². The quantitative estimate of drug-likeness (QED) is 0.179. The van der Waals surface area contributed by atoms with Gasteiger partial charge in [0.1, 0.15) is 0 Å². The van der Waals surface area contributed by atoms with E-state index in [1.54, 1.807) is 0 Å². The fraction of sp³-hybridized carbons (Fsp3) is 0. The van der Waals surface area contributed by atoms with Gasteiger partial charge in [-0.05, 0) is 79.9 Å².